The second-order valence-electron chi connectivity index (χ2n) is 5.21. The minimum absolute atomic E-state index is 0.125. The molecule has 0 N–H and O–H groups in total. The number of aryl methyl sites for hydroxylation is 1. The molecule has 0 radical (unpaired) electrons. The van der Waals surface area contributed by atoms with Crippen LogP contribution >= 0.6 is 11.8 Å². The molecule has 0 spiro atoms. The summed E-state index contributed by atoms with van der Waals surface area (Å²) in [7, 11) is 0. The normalized spacial score (nSPS) is 11.9. The molecule has 2 rings (SSSR count). The summed E-state index contributed by atoms with van der Waals surface area (Å²) in [5, 5.41) is 0.125. The Morgan fingerprint density at radius 3 is 2.41 bits per heavy atom. The van der Waals surface area contributed by atoms with Gasteiger partial charge in [-0.3, -0.25) is 4.79 Å². The lowest BCUT2D eigenvalue weighted by Crippen LogP contribution is -2.09. The summed E-state index contributed by atoms with van der Waals surface area (Å²) in [6.45, 7) is 4.35. The fourth-order valence-corrected chi connectivity index (χ4v) is 3.39. The van der Waals surface area contributed by atoms with Gasteiger partial charge in [0.15, 0.2) is 0 Å². The quantitative estimate of drug-likeness (QED) is 0.678. The first-order valence-corrected chi connectivity index (χ1v) is 8.61. The van der Waals surface area contributed by atoms with E-state index in [9.17, 15) is 4.79 Å². The van der Waals surface area contributed by atoms with Gasteiger partial charge in [-0.2, -0.15) is 0 Å². The molecule has 0 saturated carbocycles. The van der Waals surface area contributed by atoms with Crippen LogP contribution in [0, 0.1) is 6.92 Å². The molecule has 0 amide bonds. The van der Waals surface area contributed by atoms with Gasteiger partial charge in [-0.05, 0) is 25.0 Å². The summed E-state index contributed by atoms with van der Waals surface area (Å²) in [5.74, 6) is 0.757. The van der Waals surface area contributed by atoms with Gasteiger partial charge in [-0.15, -0.1) is 11.8 Å². The summed E-state index contributed by atoms with van der Waals surface area (Å²) < 4.78 is 5.12. The Morgan fingerprint density at radius 1 is 1.09 bits per heavy atom. The summed E-state index contributed by atoms with van der Waals surface area (Å²) in [4.78, 5) is 11.9. The summed E-state index contributed by atoms with van der Waals surface area (Å²) in [5.41, 5.74) is 3.68. The van der Waals surface area contributed by atoms with E-state index in [4.69, 9.17) is 4.74 Å². The second-order valence-corrected chi connectivity index (χ2v) is 6.40. The molecular formula is C19H22O2S. The van der Waals surface area contributed by atoms with Gasteiger partial charge < -0.3 is 4.74 Å². The lowest BCUT2D eigenvalue weighted by molar-refractivity contribution is -0.143. The molecule has 2 nitrogen and oxygen atoms in total. The van der Waals surface area contributed by atoms with Crippen LogP contribution < -0.4 is 0 Å². The Hall–Kier alpha value is -1.74. The van der Waals surface area contributed by atoms with Crippen LogP contribution in [0.25, 0.3) is 0 Å². The zero-order valence-electron chi connectivity index (χ0n) is 13.1. The number of esters is 1. The van der Waals surface area contributed by atoms with E-state index in [1.165, 1.54) is 16.7 Å². The average Bonchev–Trinajstić information content (AvgIpc) is 2.53. The van der Waals surface area contributed by atoms with Crippen molar-refractivity contribution in [2.75, 3.05) is 6.61 Å². The summed E-state index contributed by atoms with van der Waals surface area (Å²) in [6.07, 6.45) is 0.411. The number of carbonyl (C=O) groups is 1. The monoisotopic (exact) mass is 314 g/mol. The summed E-state index contributed by atoms with van der Waals surface area (Å²) in [6, 6.07) is 18.7. The Morgan fingerprint density at radius 2 is 1.77 bits per heavy atom. The molecule has 0 aliphatic carbocycles. The van der Waals surface area contributed by atoms with E-state index in [-0.39, 0.29) is 11.2 Å². The molecule has 1 atom stereocenters. The largest absolute Gasteiger partial charge is 0.466 e. The molecule has 0 aromatic heterocycles. The van der Waals surface area contributed by atoms with Crippen molar-refractivity contribution in [3.05, 3.63) is 71.3 Å². The van der Waals surface area contributed by atoms with Crippen molar-refractivity contribution in [3.8, 4) is 0 Å². The maximum atomic E-state index is 11.9. The van der Waals surface area contributed by atoms with Crippen LogP contribution in [0.1, 0.15) is 35.3 Å². The van der Waals surface area contributed by atoms with Crippen molar-refractivity contribution in [1.82, 2.24) is 0 Å². The number of hydrogen-bond acceptors (Lipinski definition) is 3. The summed E-state index contributed by atoms with van der Waals surface area (Å²) >= 11 is 1.79. The van der Waals surface area contributed by atoms with E-state index in [0.29, 0.717) is 13.0 Å². The predicted molar refractivity (Wildman–Crippen MR) is 92.9 cm³/mol. The third kappa shape index (κ3) is 5.23. The highest BCUT2D eigenvalue weighted by atomic mass is 32.2. The van der Waals surface area contributed by atoms with Crippen molar-refractivity contribution >= 4 is 17.7 Å². The van der Waals surface area contributed by atoms with Crippen LogP contribution in [0.15, 0.2) is 54.6 Å². The van der Waals surface area contributed by atoms with Crippen molar-refractivity contribution in [3.63, 3.8) is 0 Å². The number of benzene rings is 2. The lowest BCUT2D eigenvalue weighted by Gasteiger charge is -2.16. The predicted octanol–water partition coefficient (Wildman–Crippen LogP) is 4.92. The molecule has 0 saturated heterocycles. The van der Waals surface area contributed by atoms with E-state index in [1.807, 2.05) is 25.1 Å². The maximum absolute atomic E-state index is 11.9. The molecule has 0 bridgehead atoms. The van der Waals surface area contributed by atoms with Crippen LogP contribution in [-0.2, 0) is 15.3 Å². The molecule has 2 aromatic carbocycles. The van der Waals surface area contributed by atoms with E-state index in [2.05, 4.69) is 43.3 Å². The minimum Gasteiger partial charge on any atom is -0.466 e. The van der Waals surface area contributed by atoms with Crippen LogP contribution in [-0.4, -0.2) is 12.6 Å². The third-order valence-electron chi connectivity index (χ3n) is 3.40. The topological polar surface area (TPSA) is 26.3 Å². The molecule has 1 unspecified atom stereocenters. The third-order valence-corrected chi connectivity index (χ3v) is 4.74. The molecule has 2 aromatic rings. The zero-order chi connectivity index (χ0) is 15.8. The average molecular weight is 314 g/mol. The van der Waals surface area contributed by atoms with Gasteiger partial charge >= 0.3 is 5.97 Å². The van der Waals surface area contributed by atoms with Gasteiger partial charge in [0.05, 0.1) is 13.0 Å². The minimum atomic E-state index is -0.131. The number of hydrogen-bond donors (Lipinski definition) is 0. The molecule has 0 aliphatic rings. The van der Waals surface area contributed by atoms with Crippen LogP contribution in [0.4, 0.5) is 0 Å². The fraction of sp³-hybridized carbons (Fsp3) is 0.316. The van der Waals surface area contributed by atoms with Gasteiger partial charge in [0.1, 0.15) is 0 Å². The molecule has 22 heavy (non-hydrogen) atoms. The van der Waals surface area contributed by atoms with Gasteiger partial charge in [-0.25, -0.2) is 0 Å². The highest BCUT2D eigenvalue weighted by Gasteiger charge is 2.17. The van der Waals surface area contributed by atoms with E-state index in [1.54, 1.807) is 11.8 Å². The smallest absolute Gasteiger partial charge is 0.307 e. The van der Waals surface area contributed by atoms with Crippen LogP contribution in [0.3, 0.4) is 0 Å². The van der Waals surface area contributed by atoms with E-state index < -0.39 is 0 Å². The number of carbonyl (C=O) groups excluding carboxylic acids is 1. The van der Waals surface area contributed by atoms with Crippen molar-refractivity contribution in [2.24, 2.45) is 0 Å². The first kappa shape index (κ1) is 16.6. The van der Waals surface area contributed by atoms with Gasteiger partial charge in [0, 0.05) is 11.0 Å². The van der Waals surface area contributed by atoms with Gasteiger partial charge in [0.25, 0.3) is 0 Å². The maximum Gasteiger partial charge on any atom is 0.307 e. The highest BCUT2D eigenvalue weighted by Crippen LogP contribution is 2.35. The lowest BCUT2D eigenvalue weighted by atomic mass is 10.1. The van der Waals surface area contributed by atoms with E-state index >= 15 is 0 Å². The Kier molecular flexibility index (Phi) is 6.53. The van der Waals surface area contributed by atoms with Crippen molar-refractivity contribution in [1.29, 1.82) is 0 Å². The second kappa shape index (κ2) is 8.64. The first-order chi connectivity index (χ1) is 10.7. The molecule has 0 fully saturated rings. The Labute approximate surface area is 136 Å². The Balaban J connectivity index is 2.07. The van der Waals surface area contributed by atoms with Crippen molar-refractivity contribution in [2.45, 2.75) is 31.3 Å². The SMILES string of the molecule is CCOC(=O)CC(SCc1ccccc1)c1ccc(C)cc1. The van der Waals surface area contributed by atoms with Gasteiger partial charge in [-0.1, -0.05) is 60.2 Å². The standard InChI is InChI=1S/C19H22O2S/c1-3-21-19(20)13-18(17-11-9-15(2)10-12-17)22-14-16-7-5-4-6-8-16/h4-12,18H,3,13-14H2,1-2H3. The van der Waals surface area contributed by atoms with Crippen LogP contribution in [0.5, 0.6) is 0 Å². The number of ether oxygens (including phenoxy) is 1. The van der Waals surface area contributed by atoms with Gasteiger partial charge in [0.2, 0.25) is 0 Å². The van der Waals surface area contributed by atoms with Crippen LogP contribution in [0.2, 0.25) is 0 Å². The number of thioether (sulfide) groups is 1. The zero-order valence-corrected chi connectivity index (χ0v) is 13.9. The first-order valence-electron chi connectivity index (χ1n) is 7.56. The Bertz CT molecular complexity index is 578. The molecule has 0 aliphatic heterocycles. The highest BCUT2D eigenvalue weighted by molar-refractivity contribution is 7.98. The molecule has 116 valence electrons. The fourth-order valence-electron chi connectivity index (χ4n) is 2.20. The van der Waals surface area contributed by atoms with E-state index in [0.717, 1.165) is 5.75 Å². The number of rotatable bonds is 7. The molecular weight excluding hydrogens is 292 g/mol. The van der Waals surface area contributed by atoms with Crippen molar-refractivity contribution < 1.29 is 9.53 Å². The molecule has 3 heteroatoms. The molecule has 0 heterocycles.